The summed E-state index contributed by atoms with van der Waals surface area (Å²) in [5.74, 6) is -1.84. The van der Waals surface area contributed by atoms with E-state index in [4.69, 9.17) is 5.14 Å². The second kappa shape index (κ2) is 10.6. The Morgan fingerprint density at radius 1 is 1.36 bits per heavy atom. The van der Waals surface area contributed by atoms with Crippen molar-refractivity contribution in [3.05, 3.63) is 70.1 Å². The molecule has 0 bridgehead atoms. The van der Waals surface area contributed by atoms with Gasteiger partial charge in [-0.15, -0.1) is 0 Å². The molecule has 0 unspecified atom stereocenters. The summed E-state index contributed by atoms with van der Waals surface area (Å²) in [6, 6.07) is 5.31. The quantitative estimate of drug-likeness (QED) is 0.316. The van der Waals surface area contributed by atoms with Crippen molar-refractivity contribution < 1.29 is 31.3 Å². The average Bonchev–Trinajstić information content (AvgIpc) is 3.40. The van der Waals surface area contributed by atoms with Gasteiger partial charge in [-0.25, -0.2) is 23.9 Å². The van der Waals surface area contributed by atoms with Gasteiger partial charge in [-0.2, -0.15) is 13.5 Å². The van der Waals surface area contributed by atoms with Crippen molar-refractivity contribution in [2.75, 3.05) is 11.9 Å². The van der Waals surface area contributed by atoms with Gasteiger partial charge >= 0.3 is 10.3 Å². The minimum absolute atomic E-state index is 0.00214. The number of alkyl halides is 1. The van der Waals surface area contributed by atoms with E-state index in [-0.39, 0.29) is 30.0 Å². The van der Waals surface area contributed by atoms with Crippen LogP contribution in [0.1, 0.15) is 28.0 Å². The summed E-state index contributed by atoms with van der Waals surface area (Å²) in [6.07, 6.45) is 0.600. The van der Waals surface area contributed by atoms with Crippen LogP contribution >= 0.6 is 15.9 Å². The molecule has 1 aromatic carbocycles. The molecule has 2 heterocycles. The molecule has 1 fully saturated rings. The van der Waals surface area contributed by atoms with Gasteiger partial charge in [-0.3, -0.25) is 13.7 Å². The van der Waals surface area contributed by atoms with E-state index < -0.39 is 52.7 Å². The summed E-state index contributed by atoms with van der Waals surface area (Å²) in [4.78, 5) is 21.0. The zero-order valence-electron chi connectivity index (χ0n) is 18.5. The Hall–Kier alpha value is -2.85. The Balaban J connectivity index is 1.49. The zero-order chi connectivity index (χ0) is 26.0. The number of carbonyl (C=O) groups excluding carboxylic acids is 1. The fraction of sp³-hybridized carbons (Fsp3) is 0.333. The molecule has 192 valence electrons. The fourth-order valence-electron chi connectivity index (χ4n) is 3.92. The van der Waals surface area contributed by atoms with Crippen molar-refractivity contribution in [2.24, 2.45) is 11.1 Å². The fourth-order valence-corrected chi connectivity index (χ4v) is 4.69. The maximum Gasteiger partial charge on any atom is 0.333 e. The number of nitrogens with one attached hydrogen (secondary N) is 1. The molecule has 4 N–H and O–H groups in total. The standard InChI is InChI=1S/C21H21BrF2N6O5S/c22-14-3-1-2-11(17(14)23)8-30-5-4-15(29-30)20(32)13-7-26-10-27-21(13)28-16-6-12(19(31)18(16)24)9-35-36(25,33)34/h1-5,7,10,12,16,18-19,31H,6,8-9H2,(H2,25,33,34)(H,26,27,28)/t12-,16-,18-,19-/m1/s1. The van der Waals surface area contributed by atoms with Gasteiger partial charge in [0.05, 0.1) is 35.3 Å². The van der Waals surface area contributed by atoms with E-state index in [0.717, 1.165) is 6.33 Å². The van der Waals surface area contributed by atoms with Gasteiger partial charge in [-0.05, 0) is 34.5 Å². The van der Waals surface area contributed by atoms with Crippen molar-refractivity contribution in [3.8, 4) is 0 Å². The normalized spacial score (nSPS) is 22.0. The third-order valence-corrected chi connectivity index (χ3v) is 6.79. The lowest BCUT2D eigenvalue weighted by atomic mass is 10.1. The van der Waals surface area contributed by atoms with Crippen LogP contribution in [0.3, 0.4) is 0 Å². The third-order valence-electron chi connectivity index (χ3n) is 5.71. The largest absolute Gasteiger partial charge is 0.390 e. The van der Waals surface area contributed by atoms with Crippen molar-refractivity contribution in [1.29, 1.82) is 0 Å². The van der Waals surface area contributed by atoms with E-state index in [9.17, 15) is 27.1 Å². The Morgan fingerprint density at radius 3 is 2.89 bits per heavy atom. The van der Waals surface area contributed by atoms with E-state index in [0.29, 0.717) is 10.0 Å². The van der Waals surface area contributed by atoms with Crippen molar-refractivity contribution in [2.45, 2.75) is 31.3 Å². The monoisotopic (exact) mass is 586 g/mol. The number of hydrogen-bond donors (Lipinski definition) is 3. The smallest absolute Gasteiger partial charge is 0.333 e. The number of aromatic nitrogens is 4. The highest BCUT2D eigenvalue weighted by molar-refractivity contribution is 9.10. The highest BCUT2D eigenvalue weighted by atomic mass is 79.9. The molecule has 1 aliphatic rings. The number of nitrogens with zero attached hydrogens (tertiary/aromatic N) is 4. The highest BCUT2D eigenvalue weighted by Crippen LogP contribution is 2.32. The topological polar surface area (TPSA) is 162 Å². The molecule has 11 nitrogen and oxygen atoms in total. The van der Waals surface area contributed by atoms with Crippen LogP contribution in [-0.2, 0) is 21.0 Å². The SMILES string of the molecule is NS(=O)(=O)OC[C@H]1C[C@@H](Nc2ncncc2C(=O)c2ccn(Cc3cccc(Br)c3F)n2)[C@@H](F)[C@@H]1O. The average molecular weight is 587 g/mol. The van der Waals surface area contributed by atoms with E-state index in [1.165, 1.54) is 23.1 Å². The van der Waals surface area contributed by atoms with Gasteiger partial charge in [0.2, 0.25) is 5.78 Å². The first-order chi connectivity index (χ1) is 17.0. The molecule has 0 radical (unpaired) electrons. The number of benzene rings is 1. The number of carbonyl (C=O) groups is 1. The number of anilines is 1. The van der Waals surface area contributed by atoms with Gasteiger partial charge in [0.25, 0.3) is 0 Å². The van der Waals surface area contributed by atoms with E-state index in [1.54, 1.807) is 18.2 Å². The Kier molecular flexibility index (Phi) is 7.75. The summed E-state index contributed by atoms with van der Waals surface area (Å²) >= 11 is 3.13. The number of hydrogen-bond acceptors (Lipinski definition) is 9. The molecule has 0 aliphatic heterocycles. The van der Waals surface area contributed by atoms with Crippen LogP contribution in [0, 0.1) is 11.7 Å². The lowest BCUT2D eigenvalue weighted by Crippen LogP contribution is -2.33. The second-order valence-electron chi connectivity index (χ2n) is 8.18. The predicted octanol–water partition coefficient (Wildman–Crippen LogP) is 1.57. The molecule has 36 heavy (non-hydrogen) atoms. The van der Waals surface area contributed by atoms with Gasteiger partial charge in [0.15, 0.2) is 0 Å². The zero-order valence-corrected chi connectivity index (χ0v) is 20.9. The van der Waals surface area contributed by atoms with Crippen LogP contribution in [0.25, 0.3) is 0 Å². The van der Waals surface area contributed by atoms with Crippen molar-refractivity contribution >= 4 is 37.8 Å². The first-order valence-corrected chi connectivity index (χ1v) is 12.9. The third kappa shape index (κ3) is 5.92. The summed E-state index contributed by atoms with van der Waals surface area (Å²) in [6.45, 7) is -0.412. The maximum absolute atomic E-state index is 14.7. The van der Waals surface area contributed by atoms with Crippen LogP contribution in [0.2, 0.25) is 0 Å². The number of rotatable bonds is 9. The molecule has 4 atom stereocenters. The summed E-state index contributed by atoms with van der Waals surface area (Å²) in [5.41, 5.74) is 0.403. The van der Waals surface area contributed by atoms with Crippen LogP contribution in [0.15, 0.2) is 47.5 Å². The molecule has 0 spiro atoms. The van der Waals surface area contributed by atoms with Crippen LogP contribution < -0.4 is 10.5 Å². The molecule has 4 rings (SSSR count). The van der Waals surface area contributed by atoms with Gasteiger partial charge in [-0.1, -0.05) is 12.1 Å². The maximum atomic E-state index is 14.7. The second-order valence-corrected chi connectivity index (χ2v) is 10.3. The first kappa shape index (κ1) is 26.2. The van der Waals surface area contributed by atoms with Gasteiger partial charge in [0.1, 0.15) is 29.8 Å². The summed E-state index contributed by atoms with van der Waals surface area (Å²) < 4.78 is 57.3. The number of halogens is 3. The minimum Gasteiger partial charge on any atom is -0.390 e. The molecule has 0 saturated heterocycles. The first-order valence-electron chi connectivity index (χ1n) is 10.6. The van der Waals surface area contributed by atoms with Crippen LogP contribution in [-0.4, -0.2) is 64.0 Å². The lowest BCUT2D eigenvalue weighted by molar-refractivity contribution is 0.0501. The number of aliphatic hydroxyl groups is 1. The van der Waals surface area contributed by atoms with Crippen molar-refractivity contribution in [1.82, 2.24) is 19.7 Å². The van der Waals surface area contributed by atoms with E-state index in [1.807, 2.05) is 0 Å². The van der Waals surface area contributed by atoms with E-state index in [2.05, 4.69) is 40.5 Å². The number of nitrogens with two attached hydrogens (primary N) is 1. The number of ketones is 1. The number of aliphatic hydroxyl groups excluding tert-OH is 1. The molecule has 1 aliphatic carbocycles. The van der Waals surface area contributed by atoms with E-state index >= 15 is 0 Å². The molecule has 0 amide bonds. The Labute approximate surface area is 213 Å². The Morgan fingerprint density at radius 2 is 2.14 bits per heavy atom. The van der Waals surface area contributed by atoms with Crippen molar-refractivity contribution in [3.63, 3.8) is 0 Å². The minimum atomic E-state index is -4.25. The Bertz CT molecular complexity index is 1370. The molecular weight excluding hydrogens is 566 g/mol. The molecule has 3 aromatic rings. The molecule has 2 aromatic heterocycles. The summed E-state index contributed by atoms with van der Waals surface area (Å²) in [7, 11) is -4.25. The lowest BCUT2D eigenvalue weighted by Gasteiger charge is -2.18. The summed E-state index contributed by atoms with van der Waals surface area (Å²) in [5, 5.41) is 22.0. The molecule has 15 heteroatoms. The van der Waals surface area contributed by atoms with Crippen LogP contribution in [0.4, 0.5) is 14.6 Å². The highest BCUT2D eigenvalue weighted by Gasteiger charge is 2.44. The predicted molar refractivity (Wildman–Crippen MR) is 126 cm³/mol. The van der Waals surface area contributed by atoms with Gasteiger partial charge < -0.3 is 10.4 Å². The van der Waals surface area contributed by atoms with Crippen LogP contribution in [0.5, 0.6) is 0 Å². The van der Waals surface area contributed by atoms with Gasteiger partial charge in [0, 0.05) is 23.9 Å². The molecule has 1 saturated carbocycles. The molecular formula is C21H21BrF2N6O5S.